The summed E-state index contributed by atoms with van der Waals surface area (Å²) in [5, 5.41) is 0. The Morgan fingerprint density at radius 1 is 0.571 bits per heavy atom. The van der Waals surface area contributed by atoms with Gasteiger partial charge in [0.05, 0.1) is 19.8 Å². The predicted octanol–water partition coefficient (Wildman–Crippen LogP) is 1.26. The summed E-state index contributed by atoms with van der Waals surface area (Å²) in [5.41, 5.74) is 0.0737. The third-order valence-electron chi connectivity index (χ3n) is 4.75. The van der Waals surface area contributed by atoms with Crippen molar-refractivity contribution in [3.63, 3.8) is 0 Å². The van der Waals surface area contributed by atoms with E-state index in [1.165, 1.54) is 25.7 Å². The Labute approximate surface area is 83.7 Å². The Kier molecular flexibility index (Phi) is 1.26. The molecule has 4 fully saturated rings. The lowest BCUT2D eigenvalue weighted by molar-refractivity contribution is -0.378. The first-order valence-electron chi connectivity index (χ1n) is 5.75. The molecule has 2 aliphatic carbocycles. The summed E-state index contributed by atoms with van der Waals surface area (Å²) in [5.74, 6) is 0. The molecule has 0 N–H and O–H groups in total. The lowest BCUT2D eigenvalue weighted by atomic mass is 9.57. The summed E-state index contributed by atoms with van der Waals surface area (Å²) in [6.07, 6.45) is 5.86. The quantitative estimate of drug-likeness (QED) is 0.583. The highest BCUT2D eigenvalue weighted by atomic mass is 16.6. The maximum atomic E-state index is 6.09. The first-order valence-corrected chi connectivity index (χ1v) is 5.75. The minimum atomic E-state index is -0.0451. The molecule has 2 aliphatic heterocycles. The van der Waals surface area contributed by atoms with Crippen molar-refractivity contribution in [2.24, 2.45) is 0 Å². The fourth-order valence-electron chi connectivity index (χ4n) is 3.70. The van der Waals surface area contributed by atoms with E-state index in [2.05, 4.69) is 0 Å². The molecule has 0 aromatic carbocycles. The Morgan fingerprint density at radius 3 is 1.71 bits per heavy atom. The number of hydrogen-bond donors (Lipinski definition) is 0. The fraction of sp³-hybridized carbons (Fsp3) is 1.00. The largest absolute Gasteiger partial charge is 0.372 e. The van der Waals surface area contributed by atoms with Gasteiger partial charge in [-0.1, -0.05) is 0 Å². The van der Waals surface area contributed by atoms with Crippen LogP contribution in [-0.2, 0) is 14.2 Å². The zero-order valence-electron chi connectivity index (χ0n) is 8.38. The van der Waals surface area contributed by atoms with E-state index in [9.17, 15) is 0 Å². The van der Waals surface area contributed by atoms with E-state index in [0.717, 1.165) is 26.2 Å². The van der Waals surface area contributed by atoms with Crippen molar-refractivity contribution in [2.45, 2.75) is 48.9 Å². The number of ether oxygens (including phenoxy) is 3. The first kappa shape index (κ1) is 8.08. The molecule has 14 heavy (non-hydrogen) atoms. The highest BCUT2D eigenvalue weighted by Gasteiger charge is 2.78. The first-order chi connectivity index (χ1) is 6.83. The van der Waals surface area contributed by atoms with Gasteiger partial charge < -0.3 is 14.2 Å². The Bertz CT molecular complexity index is 271. The van der Waals surface area contributed by atoms with Crippen LogP contribution in [0.15, 0.2) is 0 Å². The normalized spacial score (nSPS) is 53.1. The highest BCUT2D eigenvalue weighted by molar-refractivity contribution is 5.29. The van der Waals surface area contributed by atoms with Gasteiger partial charge in [0.2, 0.25) is 0 Å². The molecule has 0 bridgehead atoms. The van der Waals surface area contributed by atoms with Crippen molar-refractivity contribution in [2.75, 3.05) is 19.8 Å². The second kappa shape index (κ2) is 2.18. The van der Waals surface area contributed by atoms with E-state index in [1.807, 2.05) is 0 Å². The molecular weight excluding hydrogens is 180 g/mol. The summed E-state index contributed by atoms with van der Waals surface area (Å²) < 4.78 is 17.9. The standard InChI is InChI=1S/C11H16O3/c1-2-9(1)11(14-8-7-13-9)4-3-10(11)5-6-12-10/h1-8H2. The average molecular weight is 196 g/mol. The number of hydrogen-bond acceptors (Lipinski definition) is 3. The van der Waals surface area contributed by atoms with Crippen molar-refractivity contribution < 1.29 is 14.2 Å². The predicted molar refractivity (Wildman–Crippen MR) is 49.1 cm³/mol. The van der Waals surface area contributed by atoms with Gasteiger partial charge in [0.25, 0.3) is 0 Å². The molecule has 2 saturated carbocycles. The maximum absolute atomic E-state index is 6.09. The summed E-state index contributed by atoms with van der Waals surface area (Å²) >= 11 is 0. The van der Waals surface area contributed by atoms with Crippen LogP contribution in [-0.4, -0.2) is 36.6 Å². The summed E-state index contributed by atoms with van der Waals surface area (Å²) in [7, 11) is 0. The molecule has 0 radical (unpaired) electrons. The van der Waals surface area contributed by atoms with Gasteiger partial charge in [0.15, 0.2) is 0 Å². The summed E-state index contributed by atoms with van der Waals surface area (Å²) in [4.78, 5) is 0. The molecule has 4 aliphatic rings. The summed E-state index contributed by atoms with van der Waals surface area (Å²) in [6.45, 7) is 2.45. The van der Waals surface area contributed by atoms with E-state index in [1.54, 1.807) is 0 Å². The van der Waals surface area contributed by atoms with Gasteiger partial charge in [-0.25, -0.2) is 0 Å². The molecule has 78 valence electrons. The topological polar surface area (TPSA) is 27.7 Å². The van der Waals surface area contributed by atoms with Crippen LogP contribution in [0.1, 0.15) is 32.1 Å². The Balaban J connectivity index is 1.73. The van der Waals surface area contributed by atoms with E-state index in [0.29, 0.717) is 0 Å². The van der Waals surface area contributed by atoms with Gasteiger partial charge in [-0.3, -0.25) is 0 Å². The minimum Gasteiger partial charge on any atom is -0.372 e. The second-order valence-electron chi connectivity index (χ2n) is 5.11. The van der Waals surface area contributed by atoms with Crippen molar-refractivity contribution in [1.29, 1.82) is 0 Å². The van der Waals surface area contributed by atoms with Gasteiger partial charge in [-0.15, -0.1) is 0 Å². The number of rotatable bonds is 0. The SMILES string of the molecule is C1COC2(CCC23CCO3)C2(CC2)O1. The van der Waals surface area contributed by atoms with E-state index in [-0.39, 0.29) is 16.8 Å². The van der Waals surface area contributed by atoms with Crippen LogP contribution < -0.4 is 0 Å². The molecule has 0 aromatic heterocycles. The Hall–Kier alpha value is -0.120. The van der Waals surface area contributed by atoms with Gasteiger partial charge in [-0.2, -0.15) is 0 Å². The molecule has 3 heteroatoms. The van der Waals surface area contributed by atoms with Crippen molar-refractivity contribution in [1.82, 2.24) is 0 Å². The molecule has 2 atom stereocenters. The van der Waals surface area contributed by atoms with Crippen molar-refractivity contribution in [3.05, 3.63) is 0 Å². The van der Waals surface area contributed by atoms with Crippen LogP contribution in [0.4, 0.5) is 0 Å². The lowest BCUT2D eigenvalue weighted by Gasteiger charge is -2.66. The smallest absolute Gasteiger partial charge is 0.126 e. The highest BCUT2D eigenvalue weighted by Crippen LogP contribution is 2.67. The molecule has 3 spiro atoms. The van der Waals surface area contributed by atoms with Crippen molar-refractivity contribution in [3.8, 4) is 0 Å². The van der Waals surface area contributed by atoms with Crippen LogP contribution in [0.3, 0.4) is 0 Å². The molecule has 2 unspecified atom stereocenters. The Morgan fingerprint density at radius 2 is 1.21 bits per heavy atom. The minimum absolute atomic E-state index is 0.0451. The molecule has 3 nitrogen and oxygen atoms in total. The average Bonchev–Trinajstić information content (AvgIpc) is 2.82. The zero-order chi connectivity index (χ0) is 9.28. The lowest BCUT2D eigenvalue weighted by Crippen LogP contribution is -2.77. The van der Waals surface area contributed by atoms with Crippen LogP contribution in [0.5, 0.6) is 0 Å². The molecule has 0 amide bonds. The van der Waals surface area contributed by atoms with Crippen LogP contribution in [0, 0.1) is 0 Å². The number of fused-ring (bicyclic) bond motifs is 2. The summed E-state index contributed by atoms with van der Waals surface area (Å²) in [6, 6.07) is 0. The van der Waals surface area contributed by atoms with Gasteiger partial charge in [0, 0.05) is 6.42 Å². The van der Waals surface area contributed by atoms with Crippen molar-refractivity contribution >= 4 is 0 Å². The second-order valence-corrected chi connectivity index (χ2v) is 5.11. The third-order valence-corrected chi connectivity index (χ3v) is 4.75. The molecule has 4 rings (SSSR count). The molecular formula is C11H16O3. The molecule has 0 aromatic rings. The molecule has 2 heterocycles. The van der Waals surface area contributed by atoms with Crippen LogP contribution >= 0.6 is 0 Å². The third kappa shape index (κ3) is 0.640. The molecule has 2 saturated heterocycles. The van der Waals surface area contributed by atoms with E-state index in [4.69, 9.17) is 14.2 Å². The van der Waals surface area contributed by atoms with E-state index >= 15 is 0 Å². The van der Waals surface area contributed by atoms with E-state index < -0.39 is 0 Å². The maximum Gasteiger partial charge on any atom is 0.126 e. The van der Waals surface area contributed by atoms with Crippen LogP contribution in [0.25, 0.3) is 0 Å². The van der Waals surface area contributed by atoms with Gasteiger partial charge >= 0.3 is 0 Å². The monoisotopic (exact) mass is 196 g/mol. The van der Waals surface area contributed by atoms with Gasteiger partial charge in [0.1, 0.15) is 16.8 Å². The van der Waals surface area contributed by atoms with Gasteiger partial charge in [-0.05, 0) is 25.7 Å². The van der Waals surface area contributed by atoms with Crippen LogP contribution in [0.2, 0.25) is 0 Å². The zero-order valence-corrected chi connectivity index (χ0v) is 8.38. The fourth-order valence-corrected chi connectivity index (χ4v) is 3.70.